The molecule has 1 unspecified atom stereocenters. The first-order chi connectivity index (χ1) is 8.78. The molecule has 1 atom stereocenters. The predicted octanol–water partition coefficient (Wildman–Crippen LogP) is 2.41. The van der Waals surface area contributed by atoms with Crippen LogP contribution >= 0.6 is 0 Å². The van der Waals surface area contributed by atoms with Gasteiger partial charge in [0.25, 0.3) is 0 Å². The normalized spacial score (nSPS) is 18.3. The van der Waals surface area contributed by atoms with Crippen LogP contribution in [0, 0.1) is 0 Å². The molecular weight excluding hydrogens is 224 g/mol. The minimum Gasteiger partial charge on any atom is -0.373 e. The highest BCUT2D eigenvalue weighted by atomic mass is 15.2. The van der Waals surface area contributed by atoms with Crippen LogP contribution in [0.25, 0.3) is 0 Å². The number of nitrogens with zero attached hydrogens (tertiary/aromatic N) is 2. The molecule has 0 aliphatic carbocycles. The number of hydrogen-bond acceptors (Lipinski definition) is 4. The molecule has 1 aromatic rings. The lowest BCUT2D eigenvalue weighted by Gasteiger charge is -2.29. The van der Waals surface area contributed by atoms with Crippen molar-refractivity contribution in [2.24, 2.45) is 0 Å². The van der Waals surface area contributed by atoms with Crippen molar-refractivity contribution in [3.63, 3.8) is 0 Å². The Morgan fingerprint density at radius 1 is 1.22 bits per heavy atom. The van der Waals surface area contributed by atoms with Gasteiger partial charge in [0.15, 0.2) is 0 Å². The molecule has 0 radical (unpaired) electrons. The Balaban J connectivity index is 1.83. The zero-order chi connectivity index (χ0) is 12.8. The Labute approximate surface area is 110 Å². The van der Waals surface area contributed by atoms with Gasteiger partial charge in [-0.05, 0) is 45.0 Å². The Morgan fingerprint density at radius 2 is 1.94 bits per heavy atom. The largest absolute Gasteiger partial charge is 0.373 e. The van der Waals surface area contributed by atoms with E-state index in [0.29, 0.717) is 6.04 Å². The van der Waals surface area contributed by atoms with Gasteiger partial charge in [0.2, 0.25) is 0 Å². The summed E-state index contributed by atoms with van der Waals surface area (Å²) in [5.74, 6) is 1.86. The van der Waals surface area contributed by atoms with Crippen LogP contribution in [0.15, 0.2) is 18.2 Å². The second-order valence-electron chi connectivity index (χ2n) is 5.06. The number of likely N-dealkylation sites (tertiary alicyclic amines) is 1. The molecule has 2 N–H and O–H groups in total. The first kappa shape index (κ1) is 13.1. The van der Waals surface area contributed by atoms with E-state index in [1.807, 2.05) is 25.2 Å². The highest BCUT2D eigenvalue weighted by Gasteiger charge is 2.13. The molecule has 1 fully saturated rings. The van der Waals surface area contributed by atoms with E-state index in [2.05, 4.69) is 27.4 Å². The smallest absolute Gasteiger partial charge is 0.128 e. The third-order valence-electron chi connectivity index (χ3n) is 3.38. The molecular formula is C14H24N4. The predicted molar refractivity (Wildman–Crippen MR) is 77.2 cm³/mol. The van der Waals surface area contributed by atoms with Crippen LogP contribution in [0.4, 0.5) is 11.6 Å². The first-order valence-electron chi connectivity index (χ1n) is 6.91. The van der Waals surface area contributed by atoms with E-state index in [4.69, 9.17) is 0 Å². The molecule has 4 nitrogen and oxygen atoms in total. The number of nitrogens with one attached hydrogen (secondary N) is 2. The fourth-order valence-corrected chi connectivity index (χ4v) is 2.48. The van der Waals surface area contributed by atoms with E-state index in [1.165, 1.54) is 32.4 Å². The third-order valence-corrected chi connectivity index (χ3v) is 3.38. The highest BCUT2D eigenvalue weighted by molar-refractivity contribution is 5.45. The monoisotopic (exact) mass is 248 g/mol. The molecule has 0 saturated carbocycles. The fourth-order valence-electron chi connectivity index (χ4n) is 2.48. The van der Waals surface area contributed by atoms with Crippen LogP contribution in [0.5, 0.6) is 0 Å². The topological polar surface area (TPSA) is 40.2 Å². The van der Waals surface area contributed by atoms with Crippen molar-refractivity contribution in [2.75, 3.05) is 37.3 Å². The number of anilines is 2. The third kappa shape index (κ3) is 3.88. The maximum absolute atomic E-state index is 4.48. The lowest BCUT2D eigenvalue weighted by molar-refractivity contribution is 0.223. The summed E-state index contributed by atoms with van der Waals surface area (Å²) in [5, 5.41) is 6.53. The van der Waals surface area contributed by atoms with Crippen molar-refractivity contribution in [3.8, 4) is 0 Å². The standard InChI is InChI=1S/C14H24N4/c1-12(11-18-9-4-3-5-10-18)16-14-8-6-7-13(15-2)17-14/h6-8,12H,3-5,9-11H2,1-2H3,(H2,15,16,17). The van der Waals surface area contributed by atoms with Gasteiger partial charge in [-0.15, -0.1) is 0 Å². The van der Waals surface area contributed by atoms with E-state index in [-0.39, 0.29) is 0 Å². The summed E-state index contributed by atoms with van der Waals surface area (Å²) in [4.78, 5) is 7.03. The van der Waals surface area contributed by atoms with Crippen molar-refractivity contribution in [3.05, 3.63) is 18.2 Å². The van der Waals surface area contributed by atoms with E-state index in [0.717, 1.165) is 18.2 Å². The van der Waals surface area contributed by atoms with Crippen LogP contribution in [0.1, 0.15) is 26.2 Å². The summed E-state index contributed by atoms with van der Waals surface area (Å²) in [6, 6.07) is 6.45. The summed E-state index contributed by atoms with van der Waals surface area (Å²) in [7, 11) is 1.89. The van der Waals surface area contributed by atoms with Gasteiger partial charge >= 0.3 is 0 Å². The molecule has 0 bridgehead atoms. The molecule has 1 aliphatic heterocycles. The minimum atomic E-state index is 0.433. The van der Waals surface area contributed by atoms with Gasteiger partial charge in [-0.3, -0.25) is 0 Å². The Kier molecular flexibility index (Phi) is 4.81. The van der Waals surface area contributed by atoms with Crippen molar-refractivity contribution in [1.82, 2.24) is 9.88 Å². The number of rotatable bonds is 5. The van der Waals surface area contributed by atoms with Crippen molar-refractivity contribution in [1.29, 1.82) is 0 Å². The minimum absolute atomic E-state index is 0.433. The second kappa shape index (κ2) is 6.59. The van der Waals surface area contributed by atoms with E-state index < -0.39 is 0 Å². The fraction of sp³-hybridized carbons (Fsp3) is 0.643. The summed E-state index contributed by atoms with van der Waals surface area (Å²) >= 11 is 0. The molecule has 0 spiro atoms. The molecule has 18 heavy (non-hydrogen) atoms. The second-order valence-corrected chi connectivity index (χ2v) is 5.06. The van der Waals surface area contributed by atoms with Crippen molar-refractivity contribution in [2.45, 2.75) is 32.2 Å². The van der Waals surface area contributed by atoms with Crippen molar-refractivity contribution >= 4 is 11.6 Å². The van der Waals surface area contributed by atoms with Gasteiger partial charge in [0.05, 0.1) is 0 Å². The molecule has 100 valence electrons. The van der Waals surface area contributed by atoms with Crippen molar-refractivity contribution < 1.29 is 0 Å². The SMILES string of the molecule is CNc1cccc(NC(C)CN2CCCCC2)n1. The van der Waals surface area contributed by atoms with Gasteiger partial charge in [-0.2, -0.15) is 0 Å². The molecule has 0 amide bonds. The van der Waals surface area contributed by atoms with E-state index in [9.17, 15) is 0 Å². The van der Waals surface area contributed by atoms with Crippen LogP contribution in [-0.2, 0) is 0 Å². The average molecular weight is 248 g/mol. The van der Waals surface area contributed by atoms with Crippen LogP contribution in [-0.4, -0.2) is 42.6 Å². The molecule has 1 saturated heterocycles. The van der Waals surface area contributed by atoms with Gasteiger partial charge in [-0.25, -0.2) is 4.98 Å². The maximum Gasteiger partial charge on any atom is 0.128 e. The Bertz CT molecular complexity index is 361. The van der Waals surface area contributed by atoms with E-state index >= 15 is 0 Å². The number of hydrogen-bond donors (Lipinski definition) is 2. The molecule has 0 aromatic carbocycles. The summed E-state index contributed by atoms with van der Waals surface area (Å²) in [5.41, 5.74) is 0. The highest BCUT2D eigenvalue weighted by Crippen LogP contribution is 2.12. The lowest BCUT2D eigenvalue weighted by Crippen LogP contribution is -2.38. The molecule has 4 heteroatoms. The zero-order valence-electron chi connectivity index (χ0n) is 11.4. The molecule has 1 aromatic heterocycles. The summed E-state index contributed by atoms with van der Waals surface area (Å²) in [6.07, 6.45) is 4.09. The Morgan fingerprint density at radius 3 is 2.67 bits per heavy atom. The summed E-state index contributed by atoms with van der Waals surface area (Å²) in [6.45, 7) is 5.82. The quantitative estimate of drug-likeness (QED) is 0.839. The van der Waals surface area contributed by atoms with Crippen LogP contribution in [0.3, 0.4) is 0 Å². The zero-order valence-corrected chi connectivity index (χ0v) is 11.4. The Hall–Kier alpha value is -1.29. The maximum atomic E-state index is 4.48. The van der Waals surface area contributed by atoms with Crippen LogP contribution in [0.2, 0.25) is 0 Å². The number of aromatic nitrogens is 1. The molecule has 1 aliphatic rings. The average Bonchev–Trinajstić information content (AvgIpc) is 2.40. The first-order valence-corrected chi connectivity index (χ1v) is 6.91. The van der Waals surface area contributed by atoms with Gasteiger partial charge in [-0.1, -0.05) is 12.5 Å². The lowest BCUT2D eigenvalue weighted by atomic mass is 10.1. The van der Waals surface area contributed by atoms with Gasteiger partial charge in [0, 0.05) is 19.6 Å². The van der Waals surface area contributed by atoms with Crippen LogP contribution < -0.4 is 10.6 Å². The van der Waals surface area contributed by atoms with E-state index in [1.54, 1.807) is 0 Å². The molecule has 2 heterocycles. The summed E-state index contributed by atoms with van der Waals surface area (Å²) < 4.78 is 0. The number of pyridine rings is 1. The molecule has 2 rings (SSSR count). The number of piperidine rings is 1. The van der Waals surface area contributed by atoms with Gasteiger partial charge < -0.3 is 15.5 Å². The van der Waals surface area contributed by atoms with Gasteiger partial charge in [0.1, 0.15) is 11.6 Å².